The van der Waals surface area contributed by atoms with E-state index in [4.69, 9.17) is 0 Å². The fourth-order valence-electron chi connectivity index (χ4n) is 4.66. The molecule has 0 saturated carbocycles. The van der Waals surface area contributed by atoms with E-state index in [1.807, 2.05) is 30.0 Å². The molecule has 5 nitrogen and oxygen atoms in total. The third-order valence-corrected chi connectivity index (χ3v) is 8.14. The lowest BCUT2D eigenvalue weighted by Gasteiger charge is -2.29. The molecule has 0 aliphatic carbocycles. The molecule has 0 fully saturated rings. The number of carbonyl (C=O) groups is 1. The number of carbonyl (C=O) groups excluding carboxylic acids is 1. The van der Waals surface area contributed by atoms with Crippen molar-refractivity contribution in [1.29, 1.82) is 0 Å². The summed E-state index contributed by atoms with van der Waals surface area (Å²) in [4.78, 5) is 15.3. The molecule has 0 N–H and O–H groups in total. The first-order valence-electron chi connectivity index (χ1n) is 10.5. The van der Waals surface area contributed by atoms with Gasteiger partial charge in [0.25, 0.3) is 15.9 Å². The Kier molecular flexibility index (Phi) is 4.82. The summed E-state index contributed by atoms with van der Waals surface area (Å²) in [6.07, 6.45) is 1.44. The fourth-order valence-corrected chi connectivity index (χ4v) is 6.37. The predicted molar refractivity (Wildman–Crippen MR) is 121 cm³/mol. The normalized spacial score (nSPS) is 17.9. The van der Waals surface area contributed by atoms with E-state index in [9.17, 15) is 13.2 Å². The highest BCUT2D eigenvalue weighted by molar-refractivity contribution is 7.92. The lowest BCUT2D eigenvalue weighted by molar-refractivity contribution is 0.0734. The van der Waals surface area contributed by atoms with E-state index in [2.05, 4.69) is 12.1 Å². The fraction of sp³-hybridized carbons (Fsp3) is 0.240. The second kappa shape index (κ2) is 7.54. The van der Waals surface area contributed by atoms with Gasteiger partial charge in [0, 0.05) is 24.7 Å². The number of fused-ring (bicyclic) bond motifs is 2. The van der Waals surface area contributed by atoms with Crippen LogP contribution < -0.4 is 4.31 Å². The molecule has 1 atom stereocenters. The van der Waals surface area contributed by atoms with Gasteiger partial charge in [-0.25, -0.2) is 8.42 Å². The standard InChI is InChI=1S/C25H24N2O3S/c1-18-15-22-16-20(25(28)26-14-13-19-7-5-6-8-21(19)17-26)11-12-24(22)27(18)31(29,30)23-9-3-2-4-10-23/h2-12,16,18H,13-15,17H2,1H3/t18-/m1/s1. The first-order chi connectivity index (χ1) is 14.9. The highest BCUT2D eigenvalue weighted by Gasteiger charge is 2.36. The van der Waals surface area contributed by atoms with Crippen LogP contribution in [0.1, 0.15) is 34.0 Å². The number of amides is 1. The number of benzene rings is 3. The van der Waals surface area contributed by atoms with E-state index in [-0.39, 0.29) is 16.8 Å². The minimum absolute atomic E-state index is 0.00526. The Morgan fingerprint density at radius 1 is 0.903 bits per heavy atom. The van der Waals surface area contributed by atoms with Crippen LogP contribution in [0.25, 0.3) is 0 Å². The molecular weight excluding hydrogens is 408 g/mol. The van der Waals surface area contributed by atoms with Gasteiger partial charge >= 0.3 is 0 Å². The van der Waals surface area contributed by atoms with Gasteiger partial charge in [-0.1, -0.05) is 42.5 Å². The van der Waals surface area contributed by atoms with Crippen LogP contribution in [0.2, 0.25) is 0 Å². The van der Waals surface area contributed by atoms with Gasteiger partial charge in [0.1, 0.15) is 0 Å². The molecule has 0 bridgehead atoms. The van der Waals surface area contributed by atoms with E-state index in [0.717, 1.165) is 12.0 Å². The van der Waals surface area contributed by atoms with E-state index < -0.39 is 10.0 Å². The monoisotopic (exact) mass is 432 g/mol. The zero-order valence-electron chi connectivity index (χ0n) is 17.4. The van der Waals surface area contributed by atoms with Crippen molar-refractivity contribution in [1.82, 2.24) is 4.90 Å². The van der Waals surface area contributed by atoms with Crippen molar-refractivity contribution in [3.8, 4) is 0 Å². The van der Waals surface area contributed by atoms with E-state index >= 15 is 0 Å². The lowest BCUT2D eigenvalue weighted by Crippen LogP contribution is -2.36. The maximum atomic E-state index is 13.2. The van der Waals surface area contributed by atoms with Gasteiger partial charge in [-0.2, -0.15) is 0 Å². The van der Waals surface area contributed by atoms with Gasteiger partial charge in [-0.05, 0) is 66.8 Å². The Hall–Kier alpha value is -3.12. The van der Waals surface area contributed by atoms with Crippen molar-refractivity contribution in [2.24, 2.45) is 0 Å². The average molecular weight is 433 g/mol. The smallest absolute Gasteiger partial charge is 0.264 e. The molecule has 1 amide bonds. The number of hydrogen-bond acceptors (Lipinski definition) is 3. The van der Waals surface area contributed by atoms with Gasteiger partial charge in [0.05, 0.1) is 10.6 Å². The van der Waals surface area contributed by atoms with Gasteiger partial charge in [-0.15, -0.1) is 0 Å². The minimum atomic E-state index is -3.65. The number of nitrogens with zero attached hydrogens (tertiary/aromatic N) is 2. The van der Waals surface area contributed by atoms with Gasteiger partial charge in [0.15, 0.2) is 0 Å². The highest BCUT2D eigenvalue weighted by atomic mass is 32.2. The third kappa shape index (κ3) is 3.41. The maximum Gasteiger partial charge on any atom is 0.264 e. The Morgan fingerprint density at radius 2 is 1.61 bits per heavy atom. The first-order valence-corrected chi connectivity index (χ1v) is 12.0. The van der Waals surface area contributed by atoms with Crippen molar-refractivity contribution in [2.45, 2.75) is 37.2 Å². The molecule has 5 rings (SSSR count). The van der Waals surface area contributed by atoms with Crippen LogP contribution in [-0.4, -0.2) is 31.8 Å². The minimum Gasteiger partial charge on any atom is -0.334 e. The number of hydrogen-bond donors (Lipinski definition) is 0. The van der Waals surface area contributed by atoms with E-state index in [1.165, 1.54) is 15.4 Å². The Morgan fingerprint density at radius 3 is 2.39 bits per heavy atom. The zero-order valence-corrected chi connectivity index (χ0v) is 18.2. The predicted octanol–water partition coefficient (Wildman–Crippen LogP) is 4.03. The molecule has 0 aromatic heterocycles. The van der Waals surface area contributed by atoms with Crippen LogP contribution >= 0.6 is 0 Å². The number of sulfonamides is 1. The second-order valence-electron chi connectivity index (χ2n) is 8.26. The molecule has 3 aromatic rings. The summed E-state index contributed by atoms with van der Waals surface area (Å²) in [5.41, 5.74) is 4.67. The largest absolute Gasteiger partial charge is 0.334 e. The Balaban J connectivity index is 1.43. The van der Waals surface area contributed by atoms with Crippen LogP contribution in [0.4, 0.5) is 5.69 Å². The molecule has 0 spiro atoms. The summed E-state index contributed by atoms with van der Waals surface area (Å²) in [6, 6.07) is 21.9. The summed E-state index contributed by atoms with van der Waals surface area (Å²) in [6.45, 7) is 3.21. The number of anilines is 1. The van der Waals surface area contributed by atoms with E-state index in [1.54, 1.807) is 42.5 Å². The van der Waals surface area contributed by atoms with Gasteiger partial charge in [-0.3, -0.25) is 9.10 Å². The van der Waals surface area contributed by atoms with Crippen molar-refractivity contribution in [3.63, 3.8) is 0 Å². The Bertz CT molecular complexity index is 1250. The summed E-state index contributed by atoms with van der Waals surface area (Å²) >= 11 is 0. The Labute approximate surface area is 183 Å². The topological polar surface area (TPSA) is 57.7 Å². The lowest BCUT2D eigenvalue weighted by atomic mass is 9.99. The van der Waals surface area contributed by atoms with Crippen molar-refractivity contribution >= 4 is 21.6 Å². The van der Waals surface area contributed by atoms with Crippen LogP contribution in [-0.2, 0) is 29.4 Å². The first kappa shape index (κ1) is 19.8. The molecule has 158 valence electrons. The summed E-state index contributed by atoms with van der Waals surface area (Å²) in [5.74, 6) is -0.00526. The molecule has 3 aromatic carbocycles. The maximum absolute atomic E-state index is 13.2. The summed E-state index contributed by atoms with van der Waals surface area (Å²) in [7, 11) is -3.65. The van der Waals surface area contributed by atoms with Crippen LogP contribution in [0, 0.1) is 0 Å². The van der Waals surface area contributed by atoms with E-state index in [0.29, 0.717) is 30.8 Å². The summed E-state index contributed by atoms with van der Waals surface area (Å²) in [5, 5.41) is 0. The summed E-state index contributed by atoms with van der Waals surface area (Å²) < 4.78 is 28.0. The molecule has 31 heavy (non-hydrogen) atoms. The average Bonchev–Trinajstić information content (AvgIpc) is 3.14. The molecule has 0 saturated heterocycles. The second-order valence-corrected chi connectivity index (χ2v) is 10.1. The third-order valence-electron chi connectivity index (χ3n) is 6.20. The van der Waals surface area contributed by atoms with Crippen molar-refractivity contribution < 1.29 is 13.2 Å². The van der Waals surface area contributed by atoms with Gasteiger partial charge < -0.3 is 4.90 Å². The molecule has 2 heterocycles. The molecule has 2 aliphatic heterocycles. The molecular formula is C25H24N2O3S. The SMILES string of the molecule is C[C@@H]1Cc2cc(C(=O)N3CCc4ccccc4C3)ccc2N1S(=O)(=O)c1ccccc1. The quantitative estimate of drug-likeness (QED) is 0.628. The molecule has 0 radical (unpaired) electrons. The molecule has 2 aliphatic rings. The van der Waals surface area contributed by atoms with Gasteiger partial charge in [0.2, 0.25) is 0 Å². The van der Waals surface area contributed by atoms with Crippen LogP contribution in [0.3, 0.4) is 0 Å². The van der Waals surface area contributed by atoms with Crippen LogP contribution in [0.5, 0.6) is 0 Å². The van der Waals surface area contributed by atoms with Crippen LogP contribution in [0.15, 0.2) is 77.7 Å². The van der Waals surface area contributed by atoms with Crippen molar-refractivity contribution in [2.75, 3.05) is 10.8 Å². The van der Waals surface area contributed by atoms with Crippen molar-refractivity contribution in [3.05, 3.63) is 95.1 Å². The highest BCUT2D eigenvalue weighted by Crippen LogP contribution is 2.37. The molecule has 6 heteroatoms. The zero-order chi connectivity index (χ0) is 21.6. The molecule has 0 unspecified atom stereocenters. The number of rotatable bonds is 3.